The minimum Gasteiger partial charge on any atom is -0.369 e. The second-order valence-electron chi connectivity index (χ2n) is 11.2. The molecule has 0 aliphatic carbocycles. The molecule has 3 aliphatic heterocycles. The molecule has 1 aromatic carbocycles. The van der Waals surface area contributed by atoms with Gasteiger partial charge >= 0.3 is 0 Å². The lowest BCUT2D eigenvalue weighted by Crippen LogP contribution is -2.49. The Labute approximate surface area is 203 Å². The van der Waals surface area contributed by atoms with Crippen LogP contribution >= 0.6 is 11.6 Å². The summed E-state index contributed by atoms with van der Waals surface area (Å²) in [6.45, 7) is 12.4. The van der Waals surface area contributed by atoms with Gasteiger partial charge < -0.3 is 14.7 Å². The van der Waals surface area contributed by atoms with Gasteiger partial charge in [0.15, 0.2) is 0 Å². The summed E-state index contributed by atoms with van der Waals surface area (Å²) in [5.41, 5.74) is 0.571. The predicted octanol–water partition coefficient (Wildman–Crippen LogP) is 3.74. The third-order valence-electron chi connectivity index (χ3n) is 7.92. The average molecular weight is 475 g/mol. The Morgan fingerprint density at radius 2 is 1.76 bits per heavy atom. The van der Waals surface area contributed by atoms with Crippen molar-refractivity contribution < 1.29 is 9.59 Å². The summed E-state index contributed by atoms with van der Waals surface area (Å²) in [7, 11) is 1.98. The molecule has 1 spiro atoms. The SMILES string of the molecule is CN1C(=O)C2(CCN(C(=O)C(C)(C)C)CC2)C[C@@H]1CCN1CCN(c2cccc(Cl)c2)CC1. The quantitative estimate of drug-likeness (QED) is 0.667. The number of piperazine rings is 1. The second-order valence-corrected chi connectivity index (χ2v) is 11.6. The Hall–Kier alpha value is -1.79. The summed E-state index contributed by atoms with van der Waals surface area (Å²) < 4.78 is 0. The number of hydrogen-bond acceptors (Lipinski definition) is 4. The van der Waals surface area contributed by atoms with Crippen LogP contribution in [0.1, 0.15) is 46.5 Å². The van der Waals surface area contributed by atoms with Crippen LogP contribution in [-0.4, -0.2) is 85.4 Å². The average Bonchev–Trinajstić information content (AvgIpc) is 3.02. The lowest BCUT2D eigenvalue weighted by Gasteiger charge is -2.40. The molecule has 0 saturated carbocycles. The fourth-order valence-electron chi connectivity index (χ4n) is 5.78. The van der Waals surface area contributed by atoms with E-state index in [1.807, 2.05) is 55.8 Å². The number of carbonyl (C=O) groups is 2. The smallest absolute Gasteiger partial charge is 0.228 e. The van der Waals surface area contributed by atoms with E-state index in [1.165, 1.54) is 5.69 Å². The third-order valence-corrected chi connectivity index (χ3v) is 8.16. The van der Waals surface area contributed by atoms with Crippen molar-refractivity contribution in [1.29, 1.82) is 0 Å². The lowest BCUT2D eigenvalue weighted by atomic mass is 9.75. The molecule has 0 bridgehead atoms. The Bertz CT molecular complexity index is 867. The molecule has 6 nitrogen and oxygen atoms in total. The minimum absolute atomic E-state index is 0.199. The highest BCUT2D eigenvalue weighted by atomic mass is 35.5. The zero-order valence-corrected chi connectivity index (χ0v) is 21.4. The van der Waals surface area contributed by atoms with Crippen molar-refractivity contribution in [3.63, 3.8) is 0 Å². The molecule has 0 aromatic heterocycles. The van der Waals surface area contributed by atoms with Crippen LogP contribution in [0.15, 0.2) is 24.3 Å². The minimum atomic E-state index is -0.361. The molecule has 1 atom stereocenters. The highest BCUT2D eigenvalue weighted by molar-refractivity contribution is 6.30. The molecule has 33 heavy (non-hydrogen) atoms. The first-order chi connectivity index (χ1) is 15.6. The molecule has 182 valence electrons. The largest absolute Gasteiger partial charge is 0.369 e. The Morgan fingerprint density at radius 3 is 2.36 bits per heavy atom. The number of nitrogens with zero attached hydrogens (tertiary/aromatic N) is 4. The number of halogens is 1. The number of amides is 2. The number of anilines is 1. The van der Waals surface area contributed by atoms with Crippen LogP contribution in [0.5, 0.6) is 0 Å². The molecule has 3 saturated heterocycles. The van der Waals surface area contributed by atoms with Crippen molar-refractivity contribution in [2.24, 2.45) is 10.8 Å². The number of rotatable bonds is 4. The fraction of sp³-hybridized carbons (Fsp3) is 0.692. The number of carbonyl (C=O) groups excluding carboxylic acids is 2. The molecule has 0 N–H and O–H groups in total. The van der Waals surface area contributed by atoms with Gasteiger partial charge in [-0.15, -0.1) is 0 Å². The van der Waals surface area contributed by atoms with Crippen molar-refractivity contribution in [2.45, 2.75) is 52.5 Å². The van der Waals surface area contributed by atoms with Crippen molar-refractivity contribution in [3.8, 4) is 0 Å². The molecule has 7 heteroatoms. The normalized spacial score (nSPS) is 24.1. The Balaban J connectivity index is 1.27. The van der Waals surface area contributed by atoms with Gasteiger partial charge in [0.2, 0.25) is 11.8 Å². The molecule has 3 fully saturated rings. The first-order valence-corrected chi connectivity index (χ1v) is 12.8. The zero-order chi connectivity index (χ0) is 23.8. The summed E-state index contributed by atoms with van der Waals surface area (Å²) in [6, 6.07) is 8.39. The summed E-state index contributed by atoms with van der Waals surface area (Å²) in [6.07, 6.45) is 3.55. The fourth-order valence-corrected chi connectivity index (χ4v) is 5.96. The number of hydrogen-bond donors (Lipinski definition) is 0. The van der Waals surface area contributed by atoms with Crippen LogP contribution in [-0.2, 0) is 9.59 Å². The van der Waals surface area contributed by atoms with E-state index < -0.39 is 0 Å². The van der Waals surface area contributed by atoms with Gasteiger partial charge in [-0.1, -0.05) is 38.4 Å². The van der Waals surface area contributed by atoms with Gasteiger partial charge in [-0.2, -0.15) is 0 Å². The summed E-state index contributed by atoms with van der Waals surface area (Å²) in [5, 5.41) is 0.784. The van der Waals surface area contributed by atoms with E-state index in [0.717, 1.165) is 63.4 Å². The first kappa shape index (κ1) is 24.3. The third kappa shape index (κ3) is 5.17. The zero-order valence-electron chi connectivity index (χ0n) is 20.6. The van der Waals surface area contributed by atoms with E-state index >= 15 is 0 Å². The molecular weight excluding hydrogens is 436 g/mol. The highest BCUT2D eigenvalue weighted by Crippen LogP contribution is 2.45. The number of piperidine rings is 1. The van der Waals surface area contributed by atoms with Crippen LogP contribution in [0.4, 0.5) is 5.69 Å². The summed E-state index contributed by atoms with van der Waals surface area (Å²) >= 11 is 6.16. The van der Waals surface area contributed by atoms with Crippen molar-refractivity contribution >= 4 is 29.1 Å². The van der Waals surface area contributed by atoms with Gasteiger partial charge in [-0.3, -0.25) is 14.5 Å². The van der Waals surface area contributed by atoms with E-state index in [4.69, 9.17) is 11.6 Å². The molecule has 3 aliphatic rings. The molecule has 3 heterocycles. The topological polar surface area (TPSA) is 47.1 Å². The Kier molecular flexibility index (Phi) is 6.97. The van der Waals surface area contributed by atoms with Crippen LogP contribution in [0.3, 0.4) is 0 Å². The van der Waals surface area contributed by atoms with Crippen LogP contribution in [0.25, 0.3) is 0 Å². The van der Waals surface area contributed by atoms with Gasteiger partial charge in [0.25, 0.3) is 0 Å². The molecule has 0 unspecified atom stereocenters. The van der Waals surface area contributed by atoms with E-state index in [2.05, 4.69) is 15.9 Å². The van der Waals surface area contributed by atoms with E-state index in [1.54, 1.807) is 0 Å². The van der Waals surface area contributed by atoms with E-state index in [0.29, 0.717) is 25.0 Å². The van der Waals surface area contributed by atoms with Crippen molar-refractivity contribution in [1.82, 2.24) is 14.7 Å². The van der Waals surface area contributed by atoms with Gasteiger partial charge in [0.1, 0.15) is 0 Å². The van der Waals surface area contributed by atoms with Crippen LogP contribution in [0, 0.1) is 10.8 Å². The van der Waals surface area contributed by atoms with Gasteiger partial charge in [0, 0.05) is 75.0 Å². The maximum atomic E-state index is 13.2. The number of likely N-dealkylation sites (tertiary alicyclic amines) is 2. The predicted molar refractivity (Wildman–Crippen MR) is 134 cm³/mol. The van der Waals surface area contributed by atoms with E-state index in [9.17, 15) is 9.59 Å². The molecule has 4 rings (SSSR count). The molecule has 2 amide bonds. The highest BCUT2D eigenvalue weighted by Gasteiger charge is 2.51. The Morgan fingerprint density at radius 1 is 1.09 bits per heavy atom. The van der Waals surface area contributed by atoms with Crippen molar-refractivity contribution in [2.75, 3.05) is 57.8 Å². The molecular formula is C26H39ClN4O2. The molecule has 1 aromatic rings. The number of benzene rings is 1. The maximum Gasteiger partial charge on any atom is 0.228 e. The summed E-state index contributed by atoms with van der Waals surface area (Å²) in [5.74, 6) is 0.491. The monoisotopic (exact) mass is 474 g/mol. The second kappa shape index (κ2) is 9.46. The van der Waals surface area contributed by atoms with Gasteiger partial charge in [0.05, 0.1) is 5.41 Å². The van der Waals surface area contributed by atoms with Crippen LogP contribution < -0.4 is 4.90 Å². The van der Waals surface area contributed by atoms with Gasteiger partial charge in [-0.05, 0) is 43.9 Å². The lowest BCUT2D eigenvalue weighted by molar-refractivity contribution is -0.146. The van der Waals surface area contributed by atoms with Gasteiger partial charge in [-0.25, -0.2) is 0 Å². The maximum absolute atomic E-state index is 13.2. The molecule has 0 radical (unpaired) electrons. The first-order valence-electron chi connectivity index (χ1n) is 12.4. The van der Waals surface area contributed by atoms with Crippen LogP contribution in [0.2, 0.25) is 5.02 Å². The summed E-state index contributed by atoms with van der Waals surface area (Å²) in [4.78, 5) is 34.8. The van der Waals surface area contributed by atoms with E-state index in [-0.39, 0.29) is 16.7 Å². The van der Waals surface area contributed by atoms with Crippen molar-refractivity contribution in [3.05, 3.63) is 29.3 Å². The standard InChI is InChI=1S/C26H39ClN4O2/c1-25(2,3)23(32)31-12-9-26(10-13-31)19-22(28(4)24(26)33)8-11-29-14-16-30(17-15-29)21-7-5-6-20(27)18-21/h5-7,18,22H,8-17,19H2,1-4H3/t22-/m0/s1.